The van der Waals surface area contributed by atoms with Crippen molar-refractivity contribution in [3.63, 3.8) is 0 Å². The standard InChI is InChI=1S/C22H21ClF4N4OS/c1-11-30-19(10-33-11)20(32)29-9-14(22(25,26)27)18-8-13(21(2,3)28)7-17(31-18)12-4-5-16(24)15(23)6-12/h4-8,10,14H,9,28H2,1-3H3,(H,29,32). The second-order valence-electron chi connectivity index (χ2n) is 8.07. The normalized spacial score (nSPS) is 13.1. The minimum absolute atomic E-state index is 0.0462. The minimum Gasteiger partial charge on any atom is -0.350 e. The van der Waals surface area contributed by atoms with Crippen LogP contribution in [0, 0.1) is 12.7 Å². The number of aryl methyl sites for hydroxylation is 1. The number of rotatable bonds is 6. The Morgan fingerprint density at radius 2 is 1.91 bits per heavy atom. The number of thiazole rings is 1. The number of nitrogens with one attached hydrogen (secondary N) is 1. The number of amides is 1. The number of pyridine rings is 1. The van der Waals surface area contributed by atoms with Crippen molar-refractivity contribution in [2.45, 2.75) is 38.4 Å². The molecule has 33 heavy (non-hydrogen) atoms. The van der Waals surface area contributed by atoms with Crippen molar-refractivity contribution in [2.75, 3.05) is 6.54 Å². The van der Waals surface area contributed by atoms with E-state index in [2.05, 4.69) is 15.3 Å². The van der Waals surface area contributed by atoms with Gasteiger partial charge >= 0.3 is 6.18 Å². The number of hydrogen-bond acceptors (Lipinski definition) is 5. The van der Waals surface area contributed by atoms with Crippen LogP contribution in [0.1, 0.15) is 46.5 Å². The number of nitrogens with zero attached hydrogens (tertiary/aromatic N) is 2. The van der Waals surface area contributed by atoms with E-state index in [0.29, 0.717) is 16.1 Å². The van der Waals surface area contributed by atoms with Crippen molar-refractivity contribution in [1.82, 2.24) is 15.3 Å². The molecule has 0 aliphatic rings. The zero-order chi connectivity index (χ0) is 24.6. The number of carbonyl (C=O) groups excluding carboxylic acids is 1. The summed E-state index contributed by atoms with van der Waals surface area (Å²) in [4.78, 5) is 20.5. The van der Waals surface area contributed by atoms with Gasteiger partial charge in [-0.05, 0) is 56.7 Å². The van der Waals surface area contributed by atoms with E-state index in [9.17, 15) is 22.4 Å². The SMILES string of the molecule is Cc1nc(C(=O)NCC(c2cc(C(C)(C)N)cc(-c3ccc(F)c(Cl)c3)n2)C(F)(F)F)cs1. The Balaban J connectivity index is 2.03. The van der Waals surface area contributed by atoms with Gasteiger partial charge in [0.1, 0.15) is 17.4 Å². The Bertz CT molecular complexity index is 1170. The number of nitrogens with two attached hydrogens (primary N) is 1. The van der Waals surface area contributed by atoms with E-state index in [1.165, 1.54) is 41.0 Å². The molecule has 176 valence electrons. The number of halogens is 5. The van der Waals surface area contributed by atoms with Crippen molar-refractivity contribution in [1.29, 1.82) is 0 Å². The topological polar surface area (TPSA) is 80.9 Å². The number of alkyl halides is 3. The zero-order valence-electron chi connectivity index (χ0n) is 17.9. The molecule has 3 aromatic rings. The molecule has 1 atom stereocenters. The first-order valence-electron chi connectivity index (χ1n) is 9.79. The first-order valence-corrected chi connectivity index (χ1v) is 11.1. The molecule has 1 amide bonds. The molecule has 0 saturated heterocycles. The minimum atomic E-state index is -4.71. The molecule has 0 bridgehead atoms. The van der Waals surface area contributed by atoms with Crippen LogP contribution in [0.25, 0.3) is 11.3 Å². The van der Waals surface area contributed by atoms with Gasteiger partial charge in [-0.25, -0.2) is 9.37 Å². The molecule has 0 radical (unpaired) electrons. The Morgan fingerprint density at radius 1 is 1.21 bits per heavy atom. The van der Waals surface area contributed by atoms with Gasteiger partial charge in [-0.1, -0.05) is 11.6 Å². The highest BCUT2D eigenvalue weighted by Gasteiger charge is 2.42. The van der Waals surface area contributed by atoms with Crippen LogP contribution in [0.15, 0.2) is 35.7 Å². The molecule has 2 aromatic heterocycles. The van der Waals surface area contributed by atoms with E-state index in [-0.39, 0.29) is 22.1 Å². The number of hydrogen-bond donors (Lipinski definition) is 2. The lowest BCUT2D eigenvalue weighted by molar-refractivity contribution is -0.149. The van der Waals surface area contributed by atoms with E-state index in [1.54, 1.807) is 20.8 Å². The Hall–Kier alpha value is -2.56. The summed E-state index contributed by atoms with van der Waals surface area (Å²) in [6.45, 7) is 4.22. The molecule has 11 heteroatoms. The van der Waals surface area contributed by atoms with Crippen LogP contribution < -0.4 is 11.1 Å². The first-order chi connectivity index (χ1) is 15.3. The third-order valence-corrected chi connectivity index (χ3v) is 5.94. The molecule has 3 rings (SSSR count). The molecule has 0 spiro atoms. The summed E-state index contributed by atoms with van der Waals surface area (Å²) in [5, 5.41) is 4.20. The van der Waals surface area contributed by atoms with Gasteiger partial charge in [0.25, 0.3) is 5.91 Å². The first kappa shape index (κ1) is 25.1. The summed E-state index contributed by atoms with van der Waals surface area (Å²) in [6.07, 6.45) is -4.71. The highest BCUT2D eigenvalue weighted by atomic mass is 35.5. The van der Waals surface area contributed by atoms with Gasteiger partial charge in [-0.3, -0.25) is 9.78 Å². The van der Waals surface area contributed by atoms with Crippen molar-refractivity contribution in [3.8, 4) is 11.3 Å². The largest absolute Gasteiger partial charge is 0.398 e. The average Bonchev–Trinajstić information content (AvgIpc) is 3.14. The van der Waals surface area contributed by atoms with Crippen molar-refractivity contribution in [2.24, 2.45) is 5.73 Å². The molecule has 0 aliphatic heterocycles. The van der Waals surface area contributed by atoms with Gasteiger partial charge in [-0.15, -0.1) is 11.3 Å². The fourth-order valence-electron chi connectivity index (χ4n) is 3.05. The summed E-state index contributed by atoms with van der Waals surface area (Å²) in [6, 6.07) is 6.57. The predicted octanol–water partition coefficient (Wildman–Crippen LogP) is 5.58. The number of carbonyl (C=O) groups is 1. The third kappa shape index (κ3) is 6.07. The number of aromatic nitrogens is 2. The monoisotopic (exact) mass is 500 g/mol. The average molecular weight is 501 g/mol. The second kappa shape index (κ2) is 9.36. The molecule has 2 heterocycles. The fraction of sp³-hybridized carbons (Fsp3) is 0.318. The van der Waals surface area contributed by atoms with E-state index >= 15 is 0 Å². The molecule has 1 aromatic carbocycles. The van der Waals surface area contributed by atoms with Gasteiger partial charge < -0.3 is 11.1 Å². The van der Waals surface area contributed by atoms with Crippen LogP contribution in [0.5, 0.6) is 0 Å². The molecule has 0 fully saturated rings. The predicted molar refractivity (Wildman–Crippen MR) is 120 cm³/mol. The quantitative estimate of drug-likeness (QED) is 0.433. The Kier molecular flexibility index (Phi) is 7.11. The highest BCUT2D eigenvalue weighted by Crippen LogP contribution is 2.36. The molecular weight excluding hydrogens is 480 g/mol. The smallest absolute Gasteiger partial charge is 0.350 e. The molecule has 5 nitrogen and oxygen atoms in total. The van der Waals surface area contributed by atoms with Gasteiger partial charge in [0.05, 0.1) is 21.4 Å². The van der Waals surface area contributed by atoms with E-state index in [0.717, 1.165) is 6.07 Å². The molecule has 0 aliphatic carbocycles. The maximum absolute atomic E-state index is 14.0. The number of benzene rings is 1. The van der Waals surface area contributed by atoms with Crippen molar-refractivity contribution in [3.05, 3.63) is 68.5 Å². The van der Waals surface area contributed by atoms with Gasteiger partial charge in [0.15, 0.2) is 0 Å². The lowest BCUT2D eigenvalue weighted by Gasteiger charge is -2.25. The summed E-state index contributed by atoms with van der Waals surface area (Å²) in [5.41, 5.74) is 5.76. The maximum Gasteiger partial charge on any atom is 0.398 e. The van der Waals surface area contributed by atoms with Crippen LogP contribution in [-0.2, 0) is 5.54 Å². The van der Waals surface area contributed by atoms with Crippen LogP contribution in [0.2, 0.25) is 5.02 Å². The lowest BCUT2D eigenvalue weighted by Crippen LogP contribution is -2.36. The van der Waals surface area contributed by atoms with Crippen molar-refractivity contribution < 1.29 is 22.4 Å². The molecule has 3 N–H and O–H groups in total. The summed E-state index contributed by atoms with van der Waals surface area (Å²) in [5.74, 6) is -3.49. The summed E-state index contributed by atoms with van der Waals surface area (Å²) >= 11 is 7.07. The van der Waals surface area contributed by atoms with Crippen LogP contribution >= 0.6 is 22.9 Å². The van der Waals surface area contributed by atoms with E-state index in [4.69, 9.17) is 17.3 Å². The van der Waals surface area contributed by atoms with E-state index in [1.807, 2.05) is 0 Å². The second-order valence-corrected chi connectivity index (χ2v) is 9.54. The highest BCUT2D eigenvalue weighted by molar-refractivity contribution is 7.09. The van der Waals surface area contributed by atoms with Gasteiger partial charge in [0, 0.05) is 23.0 Å². The zero-order valence-corrected chi connectivity index (χ0v) is 19.5. The van der Waals surface area contributed by atoms with Crippen LogP contribution in [-0.4, -0.2) is 28.6 Å². The maximum atomic E-state index is 14.0. The Labute approximate surface area is 197 Å². The molecule has 0 saturated carbocycles. The lowest BCUT2D eigenvalue weighted by atomic mass is 9.91. The Morgan fingerprint density at radius 3 is 2.45 bits per heavy atom. The molecule has 1 unspecified atom stereocenters. The third-order valence-electron chi connectivity index (χ3n) is 4.88. The summed E-state index contributed by atoms with van der Waals surface area (Å²) in [7, 11) is 0. The van der Waals surface area contributed by atoms with Crippen LogP contribution in [0.4, 0.5) is 17.6 Å². The van der Waals surface area contributed by atoms with Crippen molar-refractivity contribution >= 4 is 28.8 Å². The van der Waals surface area contributed by atoms with E-state index < -0.39 is 35.9 Å². The van der Waals surface area contributed by atoms with Gasteiger partial charge in [-0.2, -0.15) is 13.2 Å². The molecular formula is C22H21ClF4N4OS. The fourth-order valence-corrected chi connectivity index (χ4v) is 3.82. The summed E-state index contributed by atoms with van der Waals surface area (Å²) < 4.78 is 55.7. The van der Waals surface area contributed by atoms with Crippen LogP contribution in [0.3, 0.4) is 0 Å². The van der Waals surface area contributed by atoms with Gasteiger partial charge in [0.2, 0.25) is 0 Å².